The van der Waals surface area contributed by atoms with Crippen molar-refractivity contribution in [2.75, 3.05) is 23.0 Å². The monoisotopic (exact) mass is 481 g/mol. The Labute approximate surface area is 200 Å². The summed E-state index contributed by atoms with van der Waals surface area (Å²) in [4.78, 5) is 34.2. The van der Waals surface area contributed by atoms with Crippen molar-refractivity contribution in [2.24, 2.45) is 7.05 Å². The molecule has 11 heteroatoms. The lowest BCUT2D eigenvalue weighted by Crippen LogP contribution is -2.21. The van der Waals surface area contributed by atoms with Crippen LogP contribution in [-0.4, -0.2) is 32.8 Å². The first-order chi connectivity index (χ1) is 16.1. The highest BCUT2D eigenvalue weighted by molar-refractivity contribution is 6.33. The van der Waals surface area contributed by atoms with E-state index in [1.807, 2.05) is 20.8 Å². The molecule has 4 rings (SSSR count). The molecule has 4 aromatic rings. The van der Waals surface area contributed by atoms with Gasteiger partial charge in [0, 0.05) is 59.0 Å². The number of anilines is 3. The Morgan fingerprint density at radius 3 is 2.56 bits per heavy atom. The topological polar surface area (TPSA) is 127 Å². The molecule has 0 bridgehead atoms. The molecule has 1 aromatic carbocycles. The number of benzene rings is 1. The maximum absolute atomic E-state index is 13.1. The van der Waals surface area contributed by atoms with E-state index in [1.54, 1.807) is 50.6 Å². The molecule has 0 aliphatic heterocycles. The number of urea groups is 1. The Morgan fingerprint density at radius 2 is 1.88 bits per heavy atom. The number of amides is 2. The van der Waals surface area contributed by atoms with Crippen molar-refractivity contribution >= 4 is 46.2 Å². The largest absolute Gasteiger partial charge is 0.357 e. The maximum atomic E-state index is 13.1. The van der Waals surface area contributed by atoms with E-state index in [9.17, 15) is 9.59 Å². The first-order valence-electron chi connectivity index (χ1n) is 10.5. The predicted molar refractivity (Wildman–Crippen MR) is 133 cm³/mol. The lowest BCUT2D eigenvalue weighted by Gasteiger charge is -2.12. The van der Waals surface area contributed by atoms with Crippen LogP contribution < -0.4 is 21.5 Å². The number of nitrogens with one attached hydrogen (secondary N) is 3. The van der Waals surface area contributed by atoms with Crippen LogP contribution in [0.15, 0.2) is 45.8 Å². The minimum atomic E-state index is -0.524. The van der Waals surface area contributed by atoms with Gasteiger partial charge in [0.25, 0.3) is 5.56 Å². The van der Waals surface area contributed by atoms with Gasteiger partial charge in [0.05, 0.1) is 5.69 Å². The average Bonchev–Trinajstić information content (AvgIpc) is 3.26. The number of hydrogen-bond acceptors (Lipinski definition) is 7. The van der Waals surface area contributed by atoms with E-state index in [-0.39, 0.29) is 16.9 Å². The summed E-state index contributed by atoms with van der Waals surface area (Å²) in [5.74, 6) is 0.632. The fourth-order valence-corrected chi connectivity index (χ4v) is 3.55. The smallest absolute Gasteiger partial charge is 0.326 e. The van der Waals surface area contributed by atoms with E-state index in [2.05, 4.69) is 31.1 Å². The van der Waals surface area contributed by atoms with Gasteiger partial charge in [0.1, 0.15) is 5.65 Å². The lowest BCUT2D eigenvalue weighted by atomic mass is 9.92. The van der Waals surface area contributed by atoms with Crippen LogP contribution in [0, 0.1) is 0 Å². The standard InChI is InChI=1S/C23H24ClN7O3/c1-23(2,3)17-10-18(34-30-17)28-22(33)27-13-6-7-16(24)14(9-13)15-8-12-11-26-21(25-4)29-19(12)31(5)20(15)32/h6-11H,1-5H3,(H,25,26,29)(H2,27,28,33). The summed E-state index contributed by atoms with van der Waals surface area (Å²) in [6.07, 6.45) is 1.63. The SMILES string of the molecule is CNc1ncc2cc(-c3cc(NC(=O)Nc4cc(C(C)(C)C)no4)ccc3Cl)c(=O)n(C)c2n1. The van der Waals surface area contributed by atoms with E-state index in [4.69, 9.17) is 16.1 Å². The molecular formula is C23H24ClN7O3. The molecule has 0 saturated heterocycles. The molecule has 10 nitrogen and oxygen atoms in total. The van der Waals surface area contributed by atoms with Gasteiger partial charge in [-0.3, -0.25) is 14.7 Å². The number of fused-ring (bicyclic) bond motifs is 1. The Bertz CT molecular complexity index is 1450. The maximum Gasteiger partial charge on any atom is 0.326 e. The molecule has 3 aromatic heterocycles. The van der Waals surface area contributed by atoms with Gasteiger partial charge in [0.2, 0.25) is 11.8 Å². The number of aromatic nitrogens is 4. The van der Waals surface area contributed by atoms with Crippen LogP contribution in [-0.2, 0) is 12.5 Å². The molecule has 2 amide bonds. The van der Waals surface area contributed by atoms with Crippen molar-refractivity contribution in [3.05, 3.63) is 57.6 Å². The van der Waals surface area contributed by atoms with Crippen molar-refractivity contribution in [3.63, 3.8) is 0 Å². The lowest BCUT2D eigenvalue weighted by molar-refractivity contribution is 0.261. The third kappa shape index (κ3) is 4.58. The minimum absolute atomic E-state index is 0.212. The van der Waals surface area contributed by atoms with Crippen molar-refractivity contribution in [1.29, 1.82) is 0 Å². The van der Waals surface area contributed by atoms with Crippen LogP contribution in [0.3, 0.4) is 0 Å². The van der Waals surface area contributed by atoms with Crippen LogP contribution in [0.4, 0.5) is 22.3 Å². The molecule has 0 unspecified atom stereocenters. The Morgan fingerprint density at radius 1 is 1.12 bits per heavy atom. The molecule has 176 valence electrons. The highest BCUT2D eigenvalue weighted by Crippen LogP contribution is 2.30. The van der Waals surface area contributed by atoms with Gasteiger partial charge in [-0.1, -0.05) is 37.5 Å². The van der Waals surface area contributed by atoms with Crippen LogP contribution >= 0.6 is 11.6 Å². The molecule has 0 aliphatic carbocycles. The van der Waals surface area contributed by atoms with Crippen LogP contribution in [0.1, 0.15) is 26.5 Å². The van der Waals surface area contributed by atoms with Crippen molar-refractivity contribution < 1.29 is 9.32 Å². The molecule has 0 spiro atoms. The third-order valence-corrected chi connectivity index (χ3v) is 5.53. The van der Waals surface area contributed by atoms with Crippen LogP contribution in [0.2, 0.25) is 5.02 Å². The van der Waals surface area contributed by atoms with Crippen molar-refractivity contribution in [1.82, 2.24) is 19.7 Å². The third-order valence-electron chi connectivity index (χ3n) is 5.20. The molecule has 0 radical (unpaired) electrons. The number of carbonyl (C=O) groups is 1. The molecule has 0 aliphatic rings. The van der Waals surface area contributed by atoms with E-state index < -0.39 is 6.03 Å². The first-order valence-corrected chi connectivity index (χ1v) is 10.8. The number of hydrogen-bond donors (Lipinski definition) is 3. The average molecular weight is 482 g/mol. The fourth-order valence-electron chi connectivity index (χ4n) is 3.33. The van der Waals surface area contributed by atoms with Gasteiger partial charge in [0.15, 0.2) is 0 Å². The zero-order chi connectivity index (χ0) is 24.6. The van der Waals surface area contributed by atoms with E-state index >= 15 is 0 Å². The second-order valence-corrected chi connectivity index (χ2v) is 9.15. The highest BCUT2D eigenvalue weighted by atomic mass is 35.5. The summed E-state index contributed by atoms with van der Waals surface area (Å²) >= 11 is 6.42. The number of pyridine rings is 1. The van der Waals surface area contributed by atoms with Gasteiger partial charge < -0.3 is 15.2 Å². The number of halogens is 1. The summed E-state index contributed by atoms with van der Waals surface area (Å²) in [5, 5.41) is 13.2. The number of nitrogens with zero attached hydrogens (tertiary/aromatic N) is 4. The minimum Gasteiger partial charge on any atom is -0.357 e. The van der Waals surface area contributed by atoms with Crippen molar-refractivity contribution in [3.8, 4) is 11.1 Å². The summed E-state index contributed by atoms with van der Waals surface area (Å²) in [6.45, 7) is 5.98. The summed E-state index contributed by atoms with van der Waals surface area (Å²) in [5.41, 5.74) is 1.97. The van der Waals surface area contributed by atoms with E-state index in [0.717, 1.165) is 5.69 Å². The molecule has 3 N–H and O–H groups in total. The zero-order valence-corrected chi connectivity index (χ0v) is 20.1. The molecular weight excluding hydrogens is 458 g/mol. The second kappa shape index (κ2) is 8.79. The Hall–Kier alpha value is -3.92. The van der Waals surface area contributed by atoms with Crippen LogP contribution in [0.5, 0.6) is 0 Å². The number of aryl methyl sites for hydroxylation is 1. The van der Waals surface area contributed by atoms with E-state index in [0.29, 0.717) is 38.8 Å². The molecule has 34 heavy (non-hydrogen) atoms. The van der Waals surface area contributed by atoms with E-state index in [1.165, 1.54) is 4.57 Å². The normalized spacial score (nSPS) is 11.5. The molecule has 3 heterocycles. The quantitative estimate of drug-likeness (QED) is 0.388. The molecule has 0 saturated carbocycles. The summed E-state index contributed by atoms with van der Waals surface area (Å²) in [6, 6.07) is 7.72. The second-order valence-electron chi connectivity index (χ2n) is 8.74. The highest BCUT2D eigenvalue weighted by Gasteiger charge is 2.20. The fraction of sp³-hybridized carbons (Fsp3) is 0.261. The molecule has 0 atom stereocenters. The van der Waals surface area contributed by atoms with Crippen molar-refractivity contribution in [2.45, 2.75) is 26.2 Å². The van der Waals surface area contributed by atoms with Gasteiger partial charge in [-0.2, -0.15) is 4.98 Å². The van der Waals surface area contributed by atoms with Gasteiger partial charge >= 0.3 is 6.03 Å². The number of rotatable bonds is 4. The Balaban J connectivity index is 1.63. The van der Waals surface area contributed by atoms with Gasteiger partial charge in [-0.25, -0.2) is 9.78 Å². The number of carbonyl (C=O) groups excluding carboxylic acids is 1. The zero-order valence-electron chi connectivity index (χ0n) is 19.4. The van der Waals surface area contributed by atoms with Gasteiger partial charge in [-0.15, -0.1) is 0 Å². The summed E-state index contributed by atoms with van der Waals surface area (Å²) in [7, 11) is 3.33. The first kappa shape index (κ1) is 23.2. The summed E-state index contributed by atoms with van der Waals surface area (Å²) < 4.78 is 6.63. The van der Waals surface area contributed by atoms with Gasteiger partial charge in [-0.05, 0) is 24.3 Å². The predicted octanol–water partition coefficient (Wildman–Crippen LogP) is 4.62. The van der Waals surface area contributed by atoms with Crippen LogP contribution in [0.25, 0.3) is 22.2 Å². The molecule has 0 fully saturated rings. The Kier molecular flexibility index (Phi) is 6.01.